The van der Waals surface area contributed by atoms with E-state index in [-0.39, 0.29) is 12.1 Å². The second-order valence-corrected chi connectivity index (χ2v) is 5.06. The third-order valence-electron chi connectivity index (χ3n) is 2.11. The average Bonchev–Trinajstić information content (AvgIpc) is 2.27. The van der Waals surface area contributed by atoms with Gasteiger partial charge in [-0.3, -0.25) is 10.3 Å². The van der Waals surface area contributed by atoms with Gasteiger partial charge >= 0.3 is 0 Å². The zero-order chi connectivity index (χ0) is 12.7. The number of aliphatic hydroxyl groups is 1. The number of aliphatic hydroxyl groups excluding tert-OH is 1. The molecule has 0 aromatic heterocycles. The van der Waals surface area contributed by atoms with Crippen LogP contribution >= 0.6 is 0 Å². The molecule has 0 aliphatic heterocycles. The molecule has 0 spiro atoms. The van der Waals surface area contributed by atoms with Crippen LogP contribution in [0.1, 0.15) is 20.8 Å². The van der Waals surface area contributed by atoms with Gasteiger partial charge in [-0.1, -0.05) is 18.2 Å². The summed E-state index contributed by atoms with van der Waals surface area (Å²) in [5, 5.41) is 12.9. The summed E-state index contributed by atoms with van der Waals surface area (Å²) in [5.41, 5.74) is 3.67. The molecule has 0 aliphatic rings. The maximum Gasteiger partial charge on any atom is 0.102 e. The Kier molecular flexibility index (Phi) is 5.41. The average molecular weight is 238 g/mol. The molecule has 0 heterocycles. The molecule has 0 radical (unpaired) electrons. The molecule has 96 valence electrons. The number of para-hydroxylation sites is 1. The largest absolute Gasteiger partial charge is 0.389 e. The molecular weight excluding hydrogens is 216 g/mol. The Hall–Kier alpha value is -1.10. The quantitative estimate of drug-likeness (QED) is 0.661. The predicted octanol–water partition coefficient (Wildman–Crippen LogP) is 1.78. The molecule has 1 rings (SSSR count). The normalized spacial score (nSPS) is 13.4. The molecule has 3 N–H and O–H groups in total. The monoisotopic (exact) mass is 238 g/mol. The van der Waals surface area contributed by atoms with Gasteiger partial charge in [0.25, 0.3) is 0 Å². The van der Waals surface area contributed by atoms with Crippen LogP contribution in [0.2, 0.25) is 0 Å². The molecule has 4 nitrogen and oxygen atoms in total. The van der Waals surface area contributed by atoms with Gasteiger partial charge in [0, 0.05) is 12.1 Å². The Bertz CT molecular complexity index is 309. The number of hydrogen-bond donors (Lipinski definition) is 3. The summed E-state index contributed by atoms with van der Waals surface area (Å²) < 4.78 is 0. The first-order valence-electron chi connectivity index (χ1n) is 5.83. The van der Waals surface area contributed by atoms with Crippen molar-refractivity contribution in [1.29, 1.82) is 0 Å². The van der Waals surface area contributed by atoms with Crippen LogP contribution in [0, 0.1) is 0 Å². The van der Waals surface area contributed by atoms with Gasteiger partial charge in [0.1, 0.15) is 6.61 Å². The van der Waals surface area contributed by atoms with Crippen molar-refractivity contribution in [3.63, 3.8) is 0 Å². The lowest BCUT2D eigenvalue weighted by Crippen LogP contribution is -2.42. The number of nitrogens with one attached hydrogen (secondary N) is 2. The van der Waals surface area contributed by atoms with Gasteiger partial charge in [-0.15, -0.1) is 0 Å². The predicted molar refractivity (Wildman–Crippen MR) is 69.8 cm³/mol. The molecule has 1 aromatic carbocycles. The zero-order valence-corrected chi connectivity index (χ0v) is 10.7. The van der Waals surface area contributed by atoms with E-state index in [0.29, 0.717) is 6.54 Å². The molecule has 1 atom stereocenters. The van der Waals surface area contributed by atoms with Crippen molar-refractivity contribution in [1.82, 2.24) is 5.32 Å². The van der Waals surface area contributed by atoms with Gasteiger partial charge in [-0.2, -0.15) is 0 Å². The Morgan fingerprint density at radius 1 is 1.24 bits per heavy atom. The topological polar surface area (TPSA) is 53.5 Å². The van der Waals surface area contributed by atoms with Crippen molar-refractivity contribution in [3.05, 3.63) is 30.3 Å². The molecule has 0 bridgehead atoms. The van der Waals surface area contributed by atoms with Crippen LogP contribution in [0.3, 0.4) is 0 Å². The molecule has 1 unspecified atom stereocenters. The maximum atomic E-state index is 9.66. The smallest absolute Gasteiger partial charge is 0.102 e. The number of hydrogen-bond acceptors (Lipinski definition) is 4. The molecule has 0 amide bonds. The SMILES string of the molecule is CC(C)(C)NCC(O)CONc1ccccc1. The van der Waals surface area contributed by atoms with E-state index >= 15 is 0 Å². The Labute approximate surface area is 103 Å². The highest BCUT2D eigenvalue weighted by molar-refractivity contribution is 5.39. The number of rotatable bonds is 6. The van der Waals surface area contributed by atoms with E-state index in [1.807, 2.05) is 30.3 Å². The van der Waals surface area contributed by atoms with Crippen molar-refractivity contribution < 1.29 is 9.94 Å². The van der Waals surface area contributed by atoms with E-state index in [9.17, 15) is 5.11 Å². The van der Waals surface area contributed by atoms with E-state index in [0.717, 1.165) is 5.69 Å². The maximum absolute atomic E-state index is 9.66. The summed E-state index contributed by atoms with van der Waals surface area (Å²) in [4.78, 5) is 5.21. The van der Waals surface area contributed by atoms with Crippen LogP contribution in [0.5, 0.6) is 0 Å². The standard InChI is InChI=1S/C13H22N2O2/c1-13(2,3)14-9-12(16)10-17-15-11-7-5-4-6-8-11/h4-8,12,14-16H,9-10H2,1-3H3. The van der Waals surface area contributed by atoms with Crippen molar-refractivity contribution in [2.75, 3.05) is 18.6 Å². The lowest BCUT2D eigenvalue weighted by molar-refractivity contribution is 0.0592. The van der Waals surface area contributed by atoms with Gasteiger partial charge in [0.05, 0.1) is 11.8 Å². The minimum atomic E-state index is -0.523. The van der Waals surface area contributed by atoms with Crippen molar-refractivity contribution >= 4 is 5.69 Å². The van der Waals surface area contributed by atoms with E-state index in [2.05, 4.69) is 31.6 Å². The van der Waals surface area contributed by atoms with Crippen LogP contribution in [-0.2, 0) is 4.84 Å². The Balaban J connectivity index is 2.14. The lowest BCUT2D eigenvalue weighted by atomic mass is 10.1. The summed E-state index contributed by atoms with van der Waals surface area (Å²) in [6, 6.07) is 9.58. The van der Waals surface area contributed by atoms with E-state index < -0.39 is 6.10 Å². The number of benzene rings is 1. The highest BCUT2D eigenvalue weighted by Crippen LogP contribution is 2.04. The van der Waals surface area contributed by atoms with Crippen LogP contribution in [-0.4, -0.2) is 29.9 Å². The van der Waals surface area contributed by atoms with E-state index in [4.69, 9.17) is 4.84 Å². The first-order valence-corrected chi connectivity index (χ1v) is 5.83. The second kappa shape index (κ2) is 6.59. The fraction of sp³-hybridized carbons (Fsp3) is 0.538. The van der Waals surface area contributed by atoms with E-state index in [1.165, 1.54) is 0 Å². The second-order valence-electron chi connectivity index (χ2n) is 5.06. The summed E-state index contributed by atoms with van der Waals surface area (Å²) in [5.74, 6) is 0. The number of anilines is 1. The van der Waals surface area contributed by atoms with Crippen molar-refractivity contribution in [3.8, 4) is 0 Å². The fourth-order valence-electron chi connectivity index (χ4n) is 1.21. The summed E-state index contributed by atoms with van der Waals surface area (Å²) in [6.07, 6.45) is -0.523. The van der Waals surface area contributed by atoms with Gasteiger partial charge in [-0.25, -0.2) is 0 Å². The van der Waals surface area contributed by atoms with Gasteiger partial charge < -0.3 is 10.4 Å². The lowest BCUT2D eigenvalue weighted by Gasteiger charge is -2.22. The first-order chi connectivity index (χ1) is 7.97. The minimum Gasteiger partial charge on any atom is -0.389 e. The highest BCUT2D eigenvalue weighted by atomic mass is 16.6. The zero-order valence-electron chi connectivity index (χ0n) is 10.7. The Morgan fingerprint density at radius 2 is 1.88 bits per heavy atom. The molecular formula is C13H22N2O2. The third kappa shape index (κ3) is 6.94. The van der Waals surface area contributed by atoms with Crippen LogP contribution in [0.4, 0.5) is 5.69 Å². The summed E-state index contributed by atoms with van der Waals surface area (Å²) in [6.45, 7) is 6.94. The molecule has 0 saturated carbocycles. The number of β-amino-alcohol motifs (C(OH)–C–C–N with tert-alkyl or cyclic N) is 1. The molecule has 1 aromatic rings. The molecule has 17 heavy (non-hydrogen) atoms. The van der Waals surface area contributed by atoms with Crippen molar-refractivity contribution in [2.24, 2.45) is 0 Å². The Morgan fingerprint density at radius 3 is 2.47 bits per heavy atom. The molecule has 0 fully saturated rings. The van der Waals surface area contributed by atoms with Crippen LogP contribution in [0.25, 0.3) is 0 Å². The van der Waals surface area contributed by atoms with Crippen molar-refractivity contribution in [2.45, 2.75) is 32.4 Å². The molecule has 4 heteroatoms. The third-order valence-corrected chi connectivity index (χ3v) is 2.11. The van der Waals surface area contributed by atoms with Gasteiger partial charge in [-0.05, 0) is 32.9 Å². The van der Waals surface area contributed by atoms with Gasteiger partial charge in [0.15, 0.2) is 0 Å². The van der Waals surface area contributed by atoms with Crippen LogP contribution < -0.4 is 10.8 Å². The summed E-state index contributed by atoms with van der Waals surface area (Å²) in [7, 11) is 0. The first kappa shape index (κ1) is 14.0. The summed E-state index contributed by atoms with van der Waals surface area (Å²) >= 11 is 0. The fourth-order valence-corrected chi connectivity index (χ4v) is 1.21. The highest BCUT2D eigenvalue weighted by Gasteiger charge is 2.12. The van der Waals surface area contributed by atoms with Crippen LogP contribution in [0.15, 0.2) is 30.3 Å². The molecule has 0 aliphatic carbocycles. The minimum absolute atomic E-state index is 0.00778. The van der Waals surface area contributed by atoms with Gasteiger partial charge in [0.2, 0.25) is 0 Å². The molecule has 0 saturated heterocycles. The van der Waals surface area contributed by atoms with E-state index in [1.54, 1.807) is 0 Å².